The number of carbonyl (C=O) groups is 1. The first-order valence-electron chi connectivity index (χ1n) is 3.13. The van der Waals surface area contributed by atoms with Crippen molar-refractivity contribution >= 4 is 12.0 Å². The Hall–Kier alpha value is -1.31. The van der Waals surface area contributed by atoms with Crippen LogP contribution in [0.1, 0.15) is 6.92 Å². The number of aromatic nitrogens is 1. The Morgan fingerprint density at radius 3 is 2.40 bits per heavy atom. The molecule has 10 heavy (non-hydrogen) atoms. The van der Waals surface area contributed by atoms with Gasteiger partial charge in [0.15, 0.2) is 6.29 Å². The summed E-state index contributed by atoms with van der Waals surface area (Å²) in [6.07, 6.45) is 6.28. The summed E-state index contributed by atoms with van der Waals surface area (Å²) in [7, 11) is 0. The van der Waals surface area contributed by atoms with Gasteiger partial charge in [0.05, 0.1) is 5.70 Å². The Morgan fingerprint density at radius 1 is 1.40 bits per heavy atom. The highest BCUT2D eigenvalue weighted by molar-refractivity contribution is 5.98. The highest BCUT2D eigenvalue weighted by atomic mass is 16.1. The lowest BCUT2D eigenvalue weighted by Gasteiger charge is -1.97. The van der Waals surface area contributed by atoms with Gasteiger partial charge >= 0.3 is 0 Å². The highest BCUT2D eigenvalue weighted by Gasteiger charge is 1.91. The normalized spacial score (nSPS) is 11.5. The zero-order valence-electron chi connectivity index (χ0n) is 5.82. The van der Waals surface area contributed by atoms with Crippen molar-refractivity contribution in [2.24, 2.45) is 0 Å². The molecule has 0 aliphatic carbocycles. The van der Waals surface area contributed by atoms with Gasteiger partial charge in [-0.05, 0) is 19.1 Å². The molecule has 0 radical (unpaired) electrons. The molecule has 0 N–H and O–H groups in total. The molecule has 0 aromatic carbocycles. The molecule has 0 aliphatic rings. The Kier molecular flexibility index (Phi) is 2.05. The molecule has 1 aromatic rings. The molecule has 0 aliphatic heterocycles. The van der Waals surface area contributed by atoms with Gasteiger partial charge in [0.1, 0.15) is 0 Å². The minimum Gasteiger partial charge on any atom is -0.321 e. The van der Waals surface area contributed by atoms with Crippen molar-refractivity contribution in [3.8, 4) is 0 Å². The molecule has 0 amide bonds. The molecular formula is C8H9NO. The molecule has 52 valence electrons. The summed E-state index contributed by atoms with van der Waals surface area (Å²) >= 11 is 0. The van der Waals surface area contributed by atoms with Crippen LogP contribution in [-0.4, -0.2) is 10.9 Å². The molecule has 0 atom stereocenters. The van der Waals surface area contributed by atoms with Gasteiger partial charge in [-0.25, -0.2) is 0 Å². The standard InChI is InChI=1S/C8H9NO/c1-2-8(7-10)9-5-3-4-6-9/h2-7H,1H3. The fraction of sp³-hybridized carbons (Fsp3) is 0.125. The maximum Gasteiger partial charge on any atom is 0.166 e. The zero-order valence-corrected chi connectivity index (χ0v) is 5.82. The lowest BCUT2D eigenvalue weighted by atomic mass is 10.4. The third-order valence-corrected chi connectivity index (χ3v) is 1.32. The summed E-state index contributed by atoms with van der Waals surface area (Å²) in [5.74, 6) is 0. The second-order valence-electron chi connectivity index (χ2n) is 1.92. The van der Waals surface area contributed by atoms with Crippen LogP contribution in [0.5, 0.6) is 0 Å². The van der Waals surface area contributed by atoms with Crippen LogP contribution in [0, 0.1) is 0 Å². The van der Waals surface area contributed by atoms with Crippen molar-refractivity contribution in [1.29, 1.82) is 0 Å². The molecule has 0 saturated carbocycles. The first-order chi connectivity index (χ1) is 4.88. The van der Waals surface area contributed by atoms with E-state index in [2.05, 4.69) is 0 Å². The first kappa shape index (κ1) is 6.81. The highest BCUT2D eigenvalue weighted by Crippen LogP contribution is 2.00. The molecular weight excluding hydrogens is 126 g/mol. The van der Waals surface area contributed by atoms with Gasteiger partial charge in [-0.2, -0.15) is 0 Å². The van der Waals surface area contributed by atoms with Gasteiger partial charge < -0.3 is 4.57 Å². The fourth-order valence-corrected chi connectivity index (χ4v) is 0.785. The van der Waals surface area contributed by atoms with Crippen molar-refractivity contribution in [2.45, 2.75) is 6.92 Å². The number of hydrogen-bond acceptors (Lipinski definition) is 1. The summed E-state index contributed by atoms with van der Waals surface area (Å²) in [5, 5.41) is 0. The van der Waals surface area contributed by atoms with Crippen LogP contribution in [0.4, 0.5) is 0 Å². The number of carbonyl (C=O) groups excluding carboxylic acids is 1. The predicted octanol–water partition coefficient (Wildman–Crippen LogP) is 1.55. The summed E-state index contributed by atoms with van der Waals surface area (Å²) in [4.78, 5) is 10.3. The van der Waals surface area contributed by atoms with Gasteiger partial charge in [0.2, 0.25) is 0 Å². The van der Waals surface area contributed by atoms with Crippen molar-refractivity contribution in [3.63, 3.8) is 0 Å². The van der Waals surface area contributed by atoms with Crippen molar-refractivity contribution < 1.29 is 4.79 Å². The molecule has 1 aromatic heterocycles. The summed E-state index contributed by atoms with van der Waals surface area (Å²) in [6, 6.07) is 3.76. The van der Waals surface area contributed by atoms with Gasteiger partial charge in [-0.1, -0.05) is 6.08 Å². The third-order valence-electron chi connectivity index (χ3n) is 1.32. The average molecular weight is 135 g/mol. The number of nitrogens with zero attached hydrogens (tertiary/aromatic N) is 1. The van der Waals surface area contributed by atoms with E-state index in [1.54, 1.807) is 10.6 Å². The molecule has 0 fully saturated rings. The third kappa shape index (κ3) is 1.16. The average Bonchev–Trinajstić information content (AvgIpc) is 2.43. The van der Waals surface area contributed by atoms with Gasteiger partial charge in [-0.3, -0.25) is 4.79 Å². The Bertz CT molecular complexity index is 234. The van der Waals surface area contributed by atoms with E-state index in [1.165, 1.54) is 0 Å². The van der Waals surface area contributed by atoms with E-state index >= 15 is 0 Å². The monoisotopic (exact) mass is 135 g/mol. The van der Waals surface area contributed by atoms with Gasteiger partial charge in [0.25, 0.3) is 0 Å². The minimum absolute atomic E-state index is 0.671. The molecule has 0 spiro atoms. The summed E-state index contributed by atoms with van der Waals surface area (Å²) in [5.41, 5.74) is 0.671. The smallest absolute Gasteiger partial charge is 0.166 e. The van der Waals surface area contributed by atoms with E-state index in [-0.39, 0.29) is 0 Å². The Balaban J connectivity index is 2.95. The first-order valence-corrected chi connectivity index (χ1v) is 3.13. The zero-order chi connectivity index (χ0) is 7.40. The van der Waals surface area contributed by atoms with E-state index in [1.807, 2.05) is 31.5 Å². The number of aldehydes is 1. The number of hydrogen-bond donors (Lipinski definition) is 0. The lowest BCUT2D eigenvalue weighted by Crippen LogP contribution is -1.92. The second-order valence-corrected chi connectivity index (χ2v) is 1.92. The maximum atomic E-state index is 10.3. The molecule has 1 rings (SSSR count). The predicted molar refractivity (Wildman–Crippen MR) is 40.4 cm³/mol. The van der Waals surface area contributed by atoms with Gasteiger partial charge in [-0.15, -0.1) is 0 Å². The molecule has 0 bridgehead atoms. The molecule has 2 heteroatoms. The molecule has 0 unspecified atom stereocenters. The van der Waals surface area contributed by atoms with E-state index in [0.717, 1.165) is 6.29 Å². The Morgan fingerprint density at radius 2 is 2.00 bits per heavy atom. The maximum absolute atomic E-state index is 10.3. The van der Waals surface area contributed by atoms with E-state index in [0.29, 0.717) is 5.70 Å². The molecule has 1 heterocycles. The van der Waals surface area contributed by atoms with E-state index in [4.69, 9.17) is 0 Å². The Labute approximate surface area is 59.8 Å². The summed E-state index contributed by atoms with van der Waals surface area (Å²) < 4.78 is 1.77. The van der Waals surface area contributed by atoms with Crippen LogP contribution in [0.3, 0.4) is 0 Å². The molecule has 0 saturated heterocycles. The molecule has 2 nitrogen and oxygen atoms in total. The van der Waals surface area contributed by atoms with Crippen LogP contribution in [-0.2, 0) is 4.79 Å². The fourth-order valence-electron chi connectivity index (χ4n) is 0.785. The second kappa shape index (κ2) is 3.01. The van der Waals surface area contributed by atoms with Crippen LogP contribution in [0.2, 0.25) is 0 Å². The quantitative estimate of drug-likeness (QED) is 0.445. The SMILES string of the molecule is CC=C(C=O)n1cccc1. The van der Waals surface area contributed by atoms with Gasteiger partial charge in [0, 0.05) is 12.4 Å². The van der Waals surface area contributed by atoms with E-state index < -0.39 is 0 Å². The number of allylic oxidation sites excluding steroid dienone is 2. The lowest BCUT2D eigenvalue weighted by molar-refractivity contribution is -0.103. The van der Waals surface area contributed by atoms with E-state index in [9.17, 15) is 4.79 Å². The van der Waals surface area contributed by atoms with Crippen molar-refractivity contribution in [1.82, 2.24) is 4.57 Å². The van der Waals surface area contributed by atoms with Crippen LogP contribution in [0.15, 0.2) is 30.6 Å². The van der Waals surface area contributed by atoms with Crippen molar-refractivity contribution in [3.05, 3.63) is 30.6 Å². The van der Waals surface area contributed by atoms with Crippen LogP contribution >= 0.6 is 0 Å². The topological polar surface area (TPSA) is 22.0 Å². The largest absolute Gasteiger partial charge is 0.321 e. The number of rotatable bonds is 2. The van der Waals surface area contributed by atoms with Crippen LogP contribution in [0.25, 0.3) is 5.70 Å². The summed E-state index contributed by atoms with van der Waals surface area (Å²) in [6.45, 7) is 1.84. The van der Waals surface area contributed by atoms with Crippen molar-refractivity contribution in [2.75, 3.05) is 0 Å². The minimum atomic E-state index is 0.671. The van der Waals surface area contributed by atoms with Crippen LogP contribution < -0.4 is 0 Å².